The lowest BCUT2D eigenvalue weighted by molar-refractivity contribution is -0.116. The van der Waals surface area contributed by atoms with Gasteiger partial charge >= 0.3 is 0 Å². The smallest absolute Gasteiger partial charge is 0.270 e. The van der Waals surface area contributed by atoms with E-state index in [0.717, 1.165) is 0 Å². The topological polar surface area (TPSA) is 108 Å². The largest absolute Gasteiger partial charge is 0.360 e. The summed E-state index contributed by atoms with van der Waals surface area (Å²) >= 11 is 0. The average Bonchev–Trinajstić information content (AvgIpc) is 3.07. The summed E-state index contributed by atoms with van der Waals surface area (Å²) in [6.07, 6.45) is 1.46. The van der Waals surface area contributed by atoms with Crippen molar-refractivity contribution in [3.63, 3.8) is 0 Å². The summed E-state index contributed by atoms with van der Waals surface area (Å²) in [4.78, 5) is 39.1. The zero-order valence-corrected chi connectivity index (χ0v) is 12.5. The third-order valence-electron chi connectivity index (χ3n) is 2.94. The molecule has 8 heteroatoms. The number of likely N-dealkylation sites (N-methyl/N-ethyl adjacent to an activating group) is 1. The Labute approximate surface area is 126 Å². The first kappa shape index (κ1) is 15.5. The molecular weight excluding hydrogens is 288 g/mol. The van der Waals surface area contributed by atoms with Crippen molar-refractivity contribution >= 4 is 23.4 Å². The van der Waals surface area contributed by atoms with Crippen molar-refractivity contribution in [1.29, 1.82) is 0 Å². The summed E-state index contributed by atoms with van der Waals surface area (Å²) in [5, 5.41) is 6.16. The van der Waals surface area contributed by atoms with Gasteiger partial charge in [-0.3, -0.25) is 14.4 Å². The lowest BCUT2D eigenvalue weighted by atomic mass is 10.2. The molecule has 2 rings (SSSR count). The van der Waals surface area contributed by atoms with E-state index in [4.69, 9.17) is 4.52 Å². The van der Waals surface area contributed by atoms with Gasteiger partial charge in [0.05, 0.1) is 6.54 Å². The highest BCUT2D eigenvalue weighted by Crippen LogP contribution is 2.09. The molecule has 0 unspecified atom stereocenters. The highest BCUT2D eigenvalue weighted by atomic mass is 16.5. The first-order chi connectivity index (χ1) is 10.4. The van der Waals surface area contributed by atoms with Gasteiger partial charge in [0.25, 0.3) is 5.91 Å². The first-order valence-electron chi connectivity index (χ1n) is 6.55. The molecule has 0 aromatic carbocycles. The first-order valence-corrected chi connectivity index (χ1v) is 6.55. The second kappa shape index (κ2) is 6.25. The lowest BCUT2D eigenvalue weighted by Gasteiger charge is -2.15. The van der Waals surface area contributed by atoms with E-state index < -0.39 is 5.91 Å². The molecule has 0 aliphatic rings. The van der Waals surface area contributed by atoms with Crippen molar-refractivity contribution in [3.05, 3.63) is 35.3 Å². The molecule has 0 bridgehead atoms. The summed E-state index contributed by atoms with van der Waals surface area (Å²) in [6, 6.07) is 3.03. The van der Waals surface area contributed by atoms with E-state index in [9.17, 15) is 14.4 Å². The van der Waals surface area contributed by atoms with Gasteiger partial charge in [0.1, 0.15) is 11.5 Å². The van der Waals surface area contributed by atoms with E-state index in [1.165, 1.54) is 31.1 Å². The Morgan fingerprint density at radius 2 is 2.09 bits per heavy atom. The molecule has 116 valence electrons. The zero-order chi connectivity index (χ0) is 16.3. The SMILES string of the molecule is CC(=O)c1c[nH]c(C(=O)N(C)CC(=O)Nc2cc(C)on2)c1. The number of H-pyrrole nitrogens is 1. The van der Waals surface area contributed by atoms with Crippen LogP contribution in [-0.4, -0.2) is 46.2 Å². The highest BCUT2D eigenvalue weighted by molar-refractivity contribution is 6.01. The highest BCUT2D eigenvalue weighted by Gasteiger charge is 2.18. The van der Waals surface area contributed by atoms with E-state index in [2.05, 4.69) is 15.5 Å². The van der Waals surface area contributed by atoms with Crippen molar-refractivity contribution in [2.75, 3.05) is 18.9 Å². The lowest BCUT2D eigenvalue weighted by Crippen LogP contribution is -2.35. The number of amides is 2. The number of hydrogen-bond acceptors (Lipinski definition) is 5. The fourth-order valence-corrected chi connectivity index (χ4v) is 1.82. The van der Waals surface area contributed by atoms with Crippen LogP contribution in [0.3, 0.4) is 0 Å². The van der Waals surface area contributed by atoms with Crippen molar-refractivity contribution in [2.24, 2.45) is 0 Å². The summed E-state index contributed by atoms with van der Waals surface area (Å²) in [5.41, 5.74) is 0.664. The van der Waals surface area contributed by atoms with Gasteiger partial charge in [0.15, 0.2) is 11.6 Å². The maximum absolute atomic E-state index is 12.1. The minimum absolute atomic E-state index is 0.142. The van der Waals surface area contributed by atoms with Crippen LogP contribution < -0.4 is 5.32 Å². The Bertz CT molecular complexity index is 716. The number of Topliss-reactive ketones (excluding diaryl/α,β-unsaturated/α-hetero) is 1. The molecule has 2 N–H and O–H groups in total. The fourth-order valence-electron chi connectivity index (χ4n) is 1.82. The van der Waals surface area contributed by atoms with Gasteiger partial charge in [-0.15, -0.1) is 0 Å². The number of aromatic amines is 1. The number of carbonyl (C=O) groups is 3. The maximum Gasteiger partial charge on any atom is 0.270 e. The Kier molecular flexibility index (Phi) is 4.40. The molecule has 0 fully saturated rings. The molecule has 0 spiro atoms. The second-order valence-corrected chi connectivity index (χ2v) is 4.89. The van der Waals surface area contributed by atoms with E-state index in [0.29, 0.717) is 17.1 Å². The van der Waals surface area contributed by atoms with Crippen LogP contribution in [0.1, 0.15) is 33.5 Å². The molecule has 2 aromatic rings. The molecule has 0 saturated carbocycles. The maximum atomic E-state index is 12.1. The van der Waals surface area contributed by atoms with E-state index in [-0.39, 0.29) is 23.9 Å². The number of carbonyl (C=O) groups excluding carboxylic acids is 3. The predicted octanol–water partition coefficient (Wildman–Crippen LogP) is 1.22. The summed E-state index contributed by atoms with van der Waals surface area (Å²) in [6.45, 7) is 2.96. The number of aromatic nitrogens is 2. The normalized spacial score (nSPS) is 10.3. The number of anilines is 1. The monoisotopic (exact) mass is 304 g/mol. The predicted molar refractivity (Wildman–Crippen MR) is 77.6 cm³/mol. The Balaban J connectivity index is 1.95. The van der Waals surface area contributed by atoms with Gasteiger partial charge in [0.2, 0.25) is 5.91 Å². The van der Waals surface area contributed by atoms with Crippen LogP contribution in [0, 0.1) is 6.92 Å². The fraction of sp³-hybridized carbons (Fsp3) is 0.286. The van der Waals surface area contributed by atoms with Gasteiger partial charge in [0, 0.05) is 24.9 Å². The summed E-state index contributed by atoms with van der Waals surface area (Å²) < 4.78 is 4.83. The van der Waals surface area contributed by atoms with Crippen LogP contribution in [0.4, 0.5) is 5.82 Å². The van der Waals surface area contributed by atoms with Crippen molar-refractivity contribution < 1.29 is 18.9 Å². The average molecular weight is 304 g/mol. The molecule has 0 aliphatic carbocycles. The second-order valence-electron chi connectivity index (χ2n) is 4.89. The quantitative estimate of drug-likeness (QED) is 0.807. The van der Waals surface area contributed by atoms with Gasteiger partial charge < -0.3 is 19.7 Å². The molecule has 0 saturated heterocycles. The third kappa shape index (κ3) is 3.60. The summed E-state index contributed by atoms with van der Waals surface area (Å²) in [5.74, 6) is -0.0662. The van der Waals surface area contributed by atoms with E-state index in [1.807, 2.05) is 0 Å². The van der Waals surface area contributed by atoms with Crippen molar-refractivity contribution in [1.82, 2.24) is 15.0 Å². The molecular formula is C14H16N4O4. The molecule has 2 aromatic heterocycles. The van der Waals surface area contributed by atoms with E-state index >= 15 is 0 Å². The Morgan fingerprint density at radius 3 is 2.64 bits per heavy atom. The van der Waals surface area contributed by atoms with Crippen LogP contribution in [0.25, 0.3) is 0 Å². The van der Waals surface area contributed by atoms with Crippen molar-refractivity contribution in [3.8, 4) is 0 Å². The Morgan fingerprint density at radius 1 is 1.36 bits per heavy atom. The van der Waals surface area contributed by atoms with Gasteiger partial charge in [-0.05, 0) is 19.9 Å². The van der Waals surface area contributed by atoms with Crippen LogP contribution in [0.15, 0.2) is 22.9 Å². The van der Waals surface area contributed by atoms with Crippen LogP contribution in [0.5, 0.6) is 0 Å². The van der Waals surface area contributed by atoms with Crippen molar-refractivity contribution in [2.45, 2.75) is 13.8 Å². The molecule has 8 nitrogen and oxygen atoms in total. The minimum Gasteiger partial charge on any atom is -0.360 e. The third-order valence-corrected chi connectivity index (χ3v) is 2.94. The van der Waals surface area contributed by atoms with Gasteiger partial charge in [-0.1, -0.05) is 5.16 Å². The zero-order valence-electron chi connectivity index (χ0n) is 12.5. The summed E-state index contributed by atoms with van der Waals surface area (Å²) in [7, 11) is 1.49. The van der Waals surface area contributed by atoms with Gasteiger partial charge in [-0.2, -0.15) is 0 Å². The number of nitrogens with zero attached hydrogens (tertiary/aromatic N) is 2. The molecule has 0 radical (unpaired) electrons. The van der Waals surface area contributed by atoms with Gasteiger partial charge in [-0.25, -0.2) is 0 Å². The molecule has 22 heavy (non-hydrogen) atoms. The van der Waals surface area contributed by atoms with E-state index in [1.54, 1.807) is 13.0 Å². The molecule has 2 amide bonds. The standard InChI is InChI=1S/C14H16N4O4/c1-8-4-12(17-22-8)16-13(20)7-18(3)14(21)11-5-10(6-15-11)9(2)19/h4-6,15H,7H2,1-3H3,(H,16,17,20). The van der Waals surface area contributed by atoms with Crippen LogP contribution in [-0.2, 0) is 4.79 Å². The molecule has 2 heterocycles. The number of ketones is 1. The van der Waals surface area contributed by atoms with Crippen LogP contribution in [0.2, 0.25) is 0 Å². The number of nitrogens with one attached hydrogen (secondary N) is 2. The molecule has 0 atom stereocenters. The van der Waals surface area contributed by atoms with Crippen LogP contribution >= 0.6 is 0 Å². The minimum atomic E-state index is -0.400. The molecule has 0 aliphatic heterocycles. The number of aryl methyl sites for hydroxylation is 1. The number of rotatable bonds is 5. The number of hydrogen-bond donors (Lipinski definition) is 2. The Hall–Kier alpha value is -2.90.